The molecule has 1 N–H and O–H groups in total. The Morgan fingerprint density at radius 3 is 3.05 bits per heavy atom. The van der Waals surface area contributed by atoms with Crippen molar-refractivity contribution in [3.8, 4) is 0 Å². The first-order valence-electron chi connectivity index (χ1n) is 6.58. The lowest BCUT2D eigenvalue weighted by Crippen LogP contribution is -2.36. The first kappa shape index (κ1) is 14.4. The molecule has 0 spiro atoms. The highest BCUT2D eigenvalue weighted by molar-refractivity contribution is 5.79. The van der Waals surface area contributed by atoms with E-state index < -0.39 is 11.0 Å². The van der Waals surface area contributed by atoms with E-state index in [1.807, 2.05) is 0 Å². The van der Waals surface area contributed by atoms with Gasteiger partial charge in [-0.05, 0) is 26.7 Å². The molecule has 1 aliphatic heterocycles. The molecular weight excluding hydrogens is 264 g/mol. The zero-order chi connectivity index (χ0) is 14.7. The number of aromatic nitrogens is 2. The van der Waals surface area contributed by atoms with E-state index in [1.54, 1.807) is 13.8 Å². The van der Waals surface area contributed by atoms with Crippen LogP contribution in [0.2, 0.25) is 0 Å². The van der Waals surface area contributed by atoms with Crippen LogP contribution in [0.1, 0.15) is 31.5 Å². The molecule has 1 saturated heterocycles. The van der Waals surface area contributed by atoms with E-state index in [4.69, 9.17) is 4.74 Å². The van der Waals surface area contributed by atoms with Crippen LogP contribution in [0.4, 0.5) is 5.69 Å². The Balaban J connectivity index is 1.95. The molecule has 2 unspecified atom stereocenters. The minimum Gasteiger partial charge on any atom is -0.376 e. The zero-order valence-corrected chi connectivity index (χ0v) is 11.5. The lowest BCUT2D eigenvalue weighted by molar-refractivity contribution is -0.385. The molecular formula is C12H18N4O4. The normalized spacial score (nSPS) is 19.8. The maximum Gasteiger partial charge on any atom is 0.309 e. The van der Waals surface area contributed by atoms with Crippen LogP contribution in [0.15, 0.2) is 6.20 Å². The average molecular weight is 282 g/mol. The standard InChI is InChI=1S/C12H18N4O4/c1-8-11(16(18)19)7-15(14-8)9(2)12(17)13-6-10-4-3-5-20-10/h7,9-10H,3-6H2,1-2H3,(H,13,17). The van der Waals surface area contributed by atoms with Gasteiger partial charge in [0.15, 0.2) is 0 Å². The number of nitrogens with one attached hydrogen (secondary N) is 1. The van der Waals surface area contributed by atoms with E-state index >= 15 is 0 Å². The van der Waals surface area contributed by atoms with Gasteiger partial charge in [-0.25, -0.2) is 0 Å². The fourth-order valence-electron chi connectivity index (χ4n) is 2.14. The second-order valence-corrected chi connectivity index (χ2v) is 4.89. The maximum atomic E-state index is 12.0. The summed E-state index contributed by atoms with van der Waals surface area (Å²) < 4.78 is 6.73. The van der Waals surface area contributed by atoms with Crippen LogP contribution in [0, 0.1) is 17.0 Å². The molecule has 20 heavy (non-hydrogen) atoms. The number of carbonyl (C=O) groups is 1. The van der Waals surface area contributed by atoms with Gasteiger partial charge in [0.05, 0.1) is 11.0 Å². The van der Waals surface area contributed by atoms with Crippen LogP contribution >= 0.6 is 0 Å². The molecule has 1 amide bonds. The van der Waals surface area contributed by atoms with E-state index in [0.29, 0.717) is 12.2 Å². The number of amides is 1. The van der Waals surface area contributed by atoms with Crippen molar-refractivity contribution >= 4 is 11.6 Å². The molecule has 8 heteroatoms. The molecule has 0 radical (unpaired) electrons. The number of hydrogen-bond donors (Lipinski definition) is 1. The lowest BCUT2D eigenvalue weighted by atomic mass is 10.2. The highest BCUT2D eigenvalue weighted by Crippen LogP contribution is 2.18. The molecule has 1 aliphatic rings. The molecule has 0 aromatic carbocycles. The fraction of sp³-hybridized carbons (Fsp3) is 0.667. The third kappa shape index (κ3) is 3.13. The van der Waals surface area contributed by atoms with Gasteiger partial charge in [0.2, 0.25) is 5.91 Å². The van der Waals surface area contributed by atoms with Crippen molar-refractivity contribution in [1.82, 2.24) is 15.1 Å². The first-order chi connectivity index (χ1) is 9.49. The van der Waals surface area contributed by atoms with Crippen LogP contribution in [0.5, 0.6) is 0 Å². The molecule has 0 saturated carbocycles. The van der Waals surface area contributed by atoms with Gasteiger partial charge < -0.3 is 10.1 Å². The predicted molar refractivity (Wildman–Crippen MR) is 70.3 cm³/mol. The highest BCUT2D eigenvalue weighted by atomic mass is 16.6. The first-order valence-corrected chi connectivity index (χ1v) is 6.58. The second-order valence-electron chi connectivity index (χ2n) is 4.89. The van der Waals surface area contributed by atoms with Crippen molar-refractivity contribution in [3.63, 3.8) is 0 Å². The smallest absolute Gasteiger partial charge is 0.309 e. The number of hydrogen-bond acceptors (Lipinski definition) is 5. The van der Waals surface area contributed by atoms with E-state index in [9.17, 15) is 14.9 Å². The Morgan fingerprint density at radius 1 is 1.75 bits per heavy atom. The fourth-order valence-corrected chi connectivity index (χ4v) is 2.14. The summed E-state index contributed by atoms with van der Waals surface area (Å²) in [5, 5.41) is 17.6. The second kappa shape index (κ2) is 6.00. The van der Waals surface area contributed by atoms with Gasteiger partial charge in [-0.3, -0.25) is 19.6 Å². The monoisotopic (exact) mass is 282 g/mol. The Labute approximate surface area is 116 Å². The van der Waals surface area contributed by atoms with Gasteiger partial charge in [-0.1, -0.05) is 0 Å². The Bertz CT molecular complexity index is 508. The molecule has 2 atom stereocenters. The van der Waals surface area contributed by atoms with Crippen molar-refractivity contribution < 1.29 is 14.5 Å². The predicted octanol–water partition coefficient (Wildman–Crippen LogP) is 0.956. The minimum atomic E-state index is -0.594. The average Bonchev–Trinajstić information content (AvgIpc) is 3.04. The maximum absolute atomic E-state index is 12.0. The van der Waals surface area contributed by atoms with Crippen molar-refractivity contribution in [1.29, 1.82) is 0 Å². The zero-order valence-electron chi connectivity index (χ0n) is 11.5. The van der Waals surface area contributed by atoms with Gasteiger partial charge in [-0.15, -0.1) is 0 Å². The molecule has 2 heterocycles. The summed E-state index contributed by atoms with van der Waals surface area (Å²) in [6, 6.07) is -0.594. The third-order valence-electron chi connectivity index (χ3n) is 3.39. The Morgan fingerprint density at radius 2 is 2.50 bits per heavy atom. The summed E-state index contributed by atoms with van der Waals surface area (Å²) >= 11 is 0. The molecule has 1 aromatic heterocycles. The summed E-state index contributed by atoms with van der Waals surface area (Å²) in [4.78, 5) is 22.3. The minimum absolute atomic E-state index is 0.0693. The van der Waals surface area contributed by atoms with E-state index in [2.05, 4.69) is 10.4 Å². The molecule has 8 nitrogen and oxygen atoms in total. The number of nitro groups is 1. The largest absolute Gasteiger partial charge is 0.376 e. The molecule has 110 valence electrons. The van der Waals surface area contributed by atoms with Crippen LogP contribution in [0.3, 0.4) is 0 Å². The summed E-state index contributed by atoms with van der Waals surface area (Å²) in [6.45, 7) is 4.40. The third-order valence-corrected chi connectivity index (χ3v) is 3.39. The highest BCUT2D eigenvalue weighted by Gasteiger charge is 2.23. The number of ether oxygens (including phenoxy) is 1. The van der Waals surface area contributed by atoms with Crippen LogP contribution < -0.4 is 5.32 Å². The van der Waals surface area contributed by atoms with Gasteiger partial charge in [0.25, 0.3) is 0 Å². The summed E-state index contributed by atoms with van der Waals surface area (Å²) in [7, 11) is 0. The van der Waals surface area contributed by atoms with Gasteiger partial charge in [-0.2, -0.15) is 5.10 Å². The quantitative estimate of drug-likeness (QED) is 0.640. The number of aryl methyl sites for hydroxylation is 1. The van der Waals surface area contributed by atoms with Crippen LogP contribution in [0.25, 0.3) is 0 Å². The Kier molecular flexibility index (Phi) is 4.33. The van der Waals surface area contributed by atoms with Crippen molar-refractivity contribution in [3.05, 3.63) is 22.0 Å². The SMILES string of the molecule is Cc1nn(C(C)C(=O)NCC2CCCO2)cc1[N+](=O)[O-]. The van der Waals surface area contributed by atoms with E-state index in [1.165, 1.54) is 10.9 Å². The summed E-state index contributed by atoms with van der Waals surface area (Å²) in [5.41, 5.74) is 0.220. The van der Waals surface area contributed by atoms with E-state index in [0.717, 1.165) is 19.4 Å². The number of carbonyl (C=O) groups excluding carboxylic acids is 1. The van der Waals surface area contributed by atoms with Crippen molar-refractivity contribution in [2.45, 2.75) is 38.8 Å². The summed E-state index contributed by atoms with van der Waals surface area (Å²) in [6.07, 6.45) is 3.31. The molecule has 0 bridgehead atoms. The molecule has 2 rings (SSSR count). The van der Waals surface area contributed by atoms with Crippen molar-refractivity contribution in [2.75, 3.05) is 13.2 Å². The molecule has 1 aromatic rings. The topological polar surface area (TPSA) is 99.3 Å². The lowest BCUT2D eigenvalue weighted by Gasteiger charge is -2.15. The van der Waals surface area contributed by atoms with Gasteiger partial charge in [0.1, 0.15) is 17.9 Å². The Hall–Kier alpha value is -1.96. The number of rotatable bonds is 5. The van der Waals surface area contributed by atoms with Gasteiger partial charge in [0, 0.05) is 13.2 Å². The molecule has 1 fully saturated rings. The molecule has 0 aliphatic carbocycles. The van der Waals surface area contributed by atoms with Crippen LogP contribution in [-0.4, -0.2) is 39.9 Å². The van der Waals surface area contributed by atoms with Gasteiger partial charge >= 0.3 is 5.69 Å². The number of nitrogens with zero attached hydrogens (tertiary/aromatic N) is 3. The van der Waals surface area contributed by atoms with Crippen LogP contribution in [-0.2, 0) is 9.53 Å². The van der Waals surface area contributed by atoms with Crippen molar-refractivity contribution in [2.24, 2.45) is 0 Å². The van der Waals surface area contributed by atoms with E-state index in [-0.39, 0.29) is 17.7 Å². The summed E-state index contributed by atoms with van der Waals surface area (Å²) in [5.74, 6) is -0.224.